The molecule has 0 spiro atoms. The van der Waals surface area contributed by atoms with E-state index in [1.165, 1.54) is 12.1 Å². The van der Waals surface area contributed by atoms with Gasteiger partial charge in [-0.3, -0.25) is 4.98 Å². The molecule has 0 atom stereocenters. The van der Waals surface area contributed by atoms with Crippen LogP contribution in [0, 0.1) is 18.6 Å². The van der Waals surface area contributed by atoms with E-state index in [4.69, 9.17) is 5.10 Å². The number of benzene rings is 1. The van der Waals surface area contributed by atoms with Gasteiger partial charge in [-0.25, -0.2) is 18.3 Å². The molecule has 0 radical (unpaired) electrons. The molecule has 1 aliphatic rings. The van der Waals surface area contributed by atoms with Crippen LogP contribution in [0.3, 0.4) is 0 Å². The van der Waals surface area contributed by atoms with Gasteiger partial charge in [-0.1, -0.05) is 0 Å². The molecule has 152 valence electrons. The maximum Gasteiger partial charge on any atom is 0.155 e. The molecular weight excluding hydrogens is 386 g/mol. The van der Waals surface area contributed by atoms with E-state index in [-0.39, 0.29) is 0 Å². The maximum atomic E-state index is 14.0. The van der Waals surface area contributed by atoms with Gasteiger partial charge in [0.15, 0.2) is 5.65 Å². The van der Waals surface area contributed by atoms with Crippen molar-refractivity contribution in [2.24, 2.45) is 0 Å². The summed E-state index contributed by atoms with van der Waals surface area (Å²) in [4.78, 5) is 11.1. The zero-order valence-corrected chi connectivity index (χ0v) is 16.4. The van der Waals surface area contributed by atoms with Gasteiger partial charge in [0.1, 0.15) is 23.1 Å². The summed E-state index contributed by atoms with van der Waals surface area (Å²) in [5.74, 6) is -0.452. The van der Waals surface area contributed by atoms with E-state index >= 15 is 0 Å². The predicted molar refractivity (Wildman–Crippen MR) is 111 cm³/mol. The maximum absolute atomic E-state index is 14.0. The highest BCUT2D eigenvalue weighted by atomic mass is 19.1. The van der Waals surface area contributed by atoms with E-state index in [9.17, 15) is 8.78 Å². The standard InChI is InChI=1S/C22H20F2N6/c1-14-10-15(4-5-26-14)22-21(16-11-17(23)13-18(24)12-16)27-19-2-3-20(28-30(19)22)29-8-6-25-7-9-29/h2-5,10-13,25H,6-9H2,1H3. The van der Waals surface area contributed by atoms with Crippen LogP contribution in [0.5, 0.6) is 0 Å². The number of pyridine rings is 1. The topological polar surface area (TPSA) is 58.4 Å². The van der Waals surface area contributed by atoms with Crippen LogP contribution in [0.4, 0.5) is 14.6 Å². The Hall–Kier alpha value is -3.39. The van der Waals surface area contributed by atoms with Gasteiger partial charge in [0.2, 0.25) is 0 Å². The second kappa shape index (κ2) is 7.46. The molecule has 4 heterocycles. The summed E-state index contributed by atoms with van der Waals surface area (Å²) >= 11 is 0. The highest BCUT2D eigenvalue weighted by molar-refractivity contribution is 5.82. The van der Waals surface area contributed by atoms with Crippen molar-refractivity contribution >= 4 is 11.5 Å². The van der Waals surface area contributed by atoms with Crippen LogP contribution in [0.15, 0.2) is 48.7 Å². The average Bonchev–Trinajstić information content (AvgIpc) is 3.12. The normalized spacial score (nSPS) is 14.4. The lowest BCUT2D eigenvalue weighted by Crippen LogP contribution is -2.44. The molecule has 8 heteroatoms. The molecule has 0 amide bonds. The molecule has 5 rings (SSSR count). The Labute approximate surface area is 172 Å². The number of aryl methyl sites for hydroxylation is 1. The molecule has 4 aromatic rings. The van der Waals surface area contributed by atoms with Crippen LogP contribution in [-0.2, 0) is 0 Å². The number of rotatable bonds is 3. The molecule has 3 aromatic heterocycles. The van der Waals surface area contributed by atoms with Crippen molar-refractivity contribution in [2.75, 3.05) is 31.1 Å². The van der Waals surface area contributed by atoms with E-state index in [2.05, 4.69) is 20.2 Å². The Kier molecular flexibility index (Phi) is 4.63. The van der Waals surface area contributed by atoms with Crippen LogP contribution in [0.2, 0.25) is 0 Å². The number of hydrogen-bond acceptors (Lipinski definition) is 5. The monoisotopic (exact) mass is 406 g/mol. The molecule has 1 saturated heterocycles. The minimum Gasteiger partial charge on any atom is -0.353 e. The predicted octanol–water partition coefficient (Wildman–Crippen LogP) is 3.45. The average molecular weight is 406 g/mol. The van der Waals surface area contributed by atoms with Gasteiger partial charge >= 0.3 is 0 Å². The van der Waals surface area contributed by atoms with Crippen molar-refractivity contribution in [3.63, 3.8) is 0 Å². The van der Waals surface area contributed by atoms with Gasteiger partial charge < -0.3 is 10.2 Å². The SMILES string of the molecule is Cc1cc(-c2c(-c3cc(F)cc(F)c3)nc3ccc(N4CCNCC4)nn23)ccn1. The van der Waals surface area contributed by atoms with Gasteiger partial charge in [0.05, 0.1) is 5.69 Å². The van der Waals surface area contributed by atoms with E-state index in [1.807, 2.05) is 31.2 Å². The second-order valence-corrected chi connectivity index (χ2v) is 7.35. The lowest BCUT2D eigenvalue weighted by Gasteiger charge is -2.28. The summed E-state index contributed by atoms with van der Waals surface area (Å²) in [5, 5.41) is 8.18. The summed E-state index contributed by atoms with van der Waals surface area (Å²) in [5.41, 5.74) is 3.79. The van der Waals surface area contributed by atoms with Gasteiger partial charge in [-0.15, -0.1) is 5.10 Å². The van der Waals surface area contributed by atoms with E-state index in [0.717, 1.165) is 49.3 Å². The summed E-state index contributed by atoms with van der Waals surface area (Å²) in [7, 11) is 0. The van der Waals surface area contributed by atoms with Gasteiger partial charge in [-0.2, -0.15) is 0 Å². The van der Waals surface area contributed by atoms with Crippen molar-refractivity contribution in [1.29, 1.82) is 0 Å². The summed E-state index contributed by atoms with van der Waals surface area (Å²) < 4.78 is 29.7. The zero-order chi connectivity index (χ0) is 20.7. The fourth-order valence-corrected chi connectivity index (χ4v) is 3.83. The smallest absolute Gasteiger partial charge is 0.155 e. The van der Waals surface area contributed by atoms with Crippen molar-refractivity contribution in [3.05, 3.63) is 66.0 Å². The van der Waals surface area contributed by atoms with Gasteiger partial charge in [0, 0.05) is 55.3 Å². The number of nitrogens with zero attached hydrogens (tertiary/aromatic N) is 5. The molecular formula is C22H20F2N6. The number of anilines is 1. The molecule has 0 saturated carbocycles. The van der Waals surface area contributed by atoms with E-state index in [1.54, 1.807) is 10.7 Å². The fraction of sp³-hybridized carbons (Fsp3) is 0.227. The Morgan fingerprint density at radius 2 is 1.70 bits per heavy atom. The van der Waals surface area contributed by atoms with Crippen LogP contribution in [-0.4, -0.2) is 45.8 Å². The molecule has 0 aliphatic carbocycles. The molecule has 30 heavy (non-hydrogen) atoms. The first kappa shape index (κ1) is 18.6. The minimum absolute atomic E-state index is 0.367. The lowest BCUT2D eigenvalue weighted by atomic mass is 10.0. The third kappa shape index (κ3) is 3.39. The fourth-order valence-electron chi connectivity index (χ4n) is 3.83. The zero-order valence-electron chi connectivity index (χ0n) is 16.4. The molecule has 6 nitrogen and oxygen atoms in total. The van der Waals surface area contributed by atoms with Crippen molar-refractivity contribution in [2.45, 2.75) is 6.92 Å². The highest BCUT2D eigenvalue weighted by Gasteiger charge is 2.20. The highest BCUT2D eigenvalue weighted by Crippen LogP contribution is 2.33. The Bertz CT molecular complexity index is 1210. The first-order valence-corrected chi connectivity index (χ1v) is 9.83. The largest absolute Gasteiger partial charge is 0.353 e. The molecule has 0 unspecified atom stereocenters. The lowest BCUT2D eigenvalue weighted by molar-refractivity contribution is 0.582. The molecule has 1 aromatic carbocycles. The number of nitrogens with one attached hydrogen (secondary N) is 1. The summed E-state index contributed by atoms with van der Waals surface area (Å²) in [6, 6.07) is 11.0. The van der Waals surface area contributed by atoms with Crippen molar-refractivity contribution in [3.8, 4) is 22.5 Å². The Morgan fingerprint density at radius 1 is 0.933 bits per heavy atom. The quantitative estimate of drug-likeness (QED) is 0.565. The number of piperazine rings is 1. The second-order valence-electron chi connectivity index (χ2n) is 7.35. The molecule has 1 N–H and O–H groups in total. The summed E-state index contributed by atoms with van der Waals surface area (Å²) in [6.45, 7) is 5.41. The number of hydrogen-bond donors (Lipinski definition) is 1. The first-order chi connectivity index (χ1) is 14.6. The van der Waals surface area contributed by atoms with E-state index in [0.29, 0.717) is 22.6 Å². The van der Waals surface area contributed by atoms with Crippen LogP contribution in [0.1, 0.15) is 5.69 Å². The van der Waals surface area contributed by atoms with Crippen molar-refractivity contribution < 1.29 is 8.78 Å². The minimum atomic E-state index is -0.645. The van der Waals surface area contributed by atoms with Crippen molar-refractivity contribution in [1.82, 2.24) is 24.9 Å². The number of aromatic nitrogens is 4. The van der Waals surface area contributed by atoms with Gasteiger partial charge in [-0.05, 0) is 43.3 Å². The molecule has 1 aliphatic heterocycles. The molecule has 1 fully saturated rings. The van der Waals surface area contributed by atoms with Crippen LogP contribution >= 0.6 is 0 Å². The Balaban J connectivity index is 1.75. The van der Waals surface area contributed by atoms with E-state index < -0.39 is 11.6 Å². The number of halogens is 2. The third-order valence-electron chi connectivity index (χ3n) is 5.21. The van der Waals surface area contributed by atoms with Gasteiger partial charge in [0.25, 0.3) is 0 Å². The third-order valence-corrected chi connectivity index (χ3v) is 5.21. The first-order valence-electron chi connectivity index (χ1n) is 9.83. The summed E-state index contributed by atoms with van der Waals surface area (Å²) in [6.07, 6.45) is 1.71. The number of imidazole rings is 1. The molecule has 0 bridgehead atoms. The van der Waals surface area contributed by atoms with Crippen LogP contribution < -0.4 is 10.2 Å². The van der Waals surface area contributed by atoms with Crippen LogP contribution in [0.25, 0.3) is 28.2 Å². The number of fused-ring (bicyclic) bond motifs is 1. The Morgan fingerprint density at radius 3 is 2.43 bits per heavy atom.